The minimum absolute atomic E-state index is 0.194. The summed E-state index contributed by atoms with van der Waals surface area (Å²) < 4.78 is 27.7. The summed E-state index contributed by atoms with van der Waals surface area (Å²) >= 11 is 0. The Morgan fingerprint density at radius 2 is 1.85 bits per heavy atom. The minimum atomic E-state index is -3.47. The third-order valence-corrected chi connectivity index (χ3v) is 6.49. The summed E-state index contributed by atoms with van der Waals surface area (Å²) in [5.74, 6) is 0.553. The zero-order valence-corrected chi connectivity index (χ0v) is 12.9. The predicted molar refractivity (Wildman–Crippen MR) is 80.0 cm³/mol. The number of benzene rings is 1. The van der Waals surface area contributed by atoms with Gasteiger partial charge in [-0.05, 0) is 62.6 Å². The molecule has 0 aromatic heterocycles. The first-order valence-corrected chi connectivity index (χ1v) is 8.73. The Kier molecular flexibility index (Phi) is 3.29. The number of aryl methyl sites for hydroxylation is 1. The second kappa shape index (κ2) is 4.74. The smallest absolute Gasteiger partial charge is 0.245 e. The van der Waals surface area contributed by atoms with Crippen molar-refractivity contribution in [2.45, 2.75) is 50.5 Å². The molecule has 0 saturated heterocycles. The van der Waals surface area contributed by atoms with Crippen molar-refractivity contribution in [2.75, 3.05) is 12.3 Å². The maximum atomic E-state index is 13.0. The molecule has 2 saturated carbocycles. The second-order valence-corrected chi connectivity index (χ2v) is 8.00. The molecule has 1 aromatic rings. The molecule has 1 aromatic carbocycles. The first kappa shape index (κ1) is 13.9. The highest BCUT2D eigenvalue weighted by atomic mass is 32.2. The van der Waals surface area contributed by atoms with Crippen LogP contribution in [-0.2, 0) is 10.0 Å². The molecule has 0 spiro atoms. The van der Waals surface area contributed by atoms with Crippen molar-refractivity contribution in [2.24, 2.45) is 5.92 Å². The summed E-state index contributed by atoms with van der Waals surface area (Å²) in [7, 11) is -3.47. The number of nitrogen functional groups attached to an aromatic ring is 1. The van der Waals surface area contributed by atoms with Gasteiger partial charge < -0.3 is 5.73 Å². The SMILES string of the molecule is Cc1ccc(N)c(S(=O)(=O)N(CC2CC2)C2CC2)c1C. The Labute approximate surface area is 121 Å². The normalized spacial score (nSPS) is 19.6. The fraction of sp³-hybridized carbons (Fsp3) is 0.600. The maximum Gasteiger partial charge on any atom is 0.245 e. The van der Waals surface area contributed by atoms with Gasteiger partial charge in [0.25, 0.3) is 0 Å². The molecule has 0 radical (unpaired) electrons. The molecule has 0 bridgehead atoms. The van der Waals surface area contributed by atoms with E-state index in [1.54, 1.807) is 10.4 Å². The van der Waals surface area contributed by atoms with Crippen LogP contribution in [0.5, 0.6) is 0 Å². The average Bonchev–Trinajstić information content (AvgIpc) is 3.24. The molecule has 2 N–H and O–H groups in total. The van der Waals surface area contributed by atoms with Crippen molar-refractivity contribution < 1.29 is 8.42 Å². The average molecular weight is 294 g/mol. The zero-order chi connectivity index (χ0) is 14.5. The lowest BCUT2D eigenvalue weighted by Gasteiger charge is -2.24. The number of hydrogen-bond acceptors (Lipinski definition) is 3. The van der Waals surface area contributed by atoms with Crippen molar-refractivity contribution in [1.29, 1.82) is 0 Å². The number of sulfonamides is 1. The van der Waals surface area contributed by atoms with E-state index in [0.717, 1.165) is 36.8 Å². The highest BCUT2D eigenvalue weighted by molar-refractivity contribution is 7.89. The van der Waals surface area contributed by atoms with Gasteiger partial charge in [0.2, 0.25) is 10.0 Å². The Balaban J connectivity index is 2.03. The largest absolute Gasteiger partial charge is 0.398 e. The van der Waals surface area contributed by atoms with Crippen molar-refractivity contribution in [1.82, 2.24) is 4.31 Å². The summed E-state index contributed by atoms with van der Waals surface area (Å²) in [5, 5.41) is 0. The first-order valence-electron chi connectivity index (χ1n) is 7.29. The quantitative estimate of drug-likeness (QED) is 0.848. The molecule has 2 fully saturated rings. The van der Waals surface area contributed by atoms with Crippen LogP contribution in [0, 0.1) is 19.8 Å². The van der Waals surface area contributed by atoms with Crippen LogP contribution >= 0.6 is 0 Å². The lowest BCUT2D eigenvalue weighted by molar-refractivity contribution is 0.388. The number of nitrogens with zero attached hydrogens (tertiary/aromatic N) is 1. The maximum absolute atomic E-state index is 13.0. The topological polar surface area (TPSA) is 63.4 Å². The van der Waals surface area contributed by atoms with Crippen LogP contribution in [0.15, 0.2) is 17.0 Å². The van der Waals surface area contributed by atoms with Crippen molar-refractivity contribution in [3.8, 4) is 0 Å². The molecule has 3 rings (SSSR count). The third-order valence-electron chi connectivity index (χ3n) is 4.36. The fourth-order valence-corrected chi connectivity index (χ4v) is 4.79. The van der Waals surface area contributed by atoms with E-state index in [2.05, 4.69) is 0 Å². The number of rotatable bonds is 5. The Morgan fingerprint density at radius 3 is 2.40 bits per heavy atom. The van der Waals surface area contributed by atoms with E-state index in [4.69, 9.17) is 5.73 Å². The van der Waals surface area contributed by atoms with E-state index in [1.807, 2.05) is 19.9 Å². The monoisotopic (exact) mass is 294 g/mol. The van der Waals surface area contributed by atoms with Crippen molar-refractivity contribution in [3.05, 3.63) is 23.3 Å². The molecular formula is C15H22N2O2S. The van der Waals surface area contributed by atoms with Crippen molar-refractivity contribution >= 4 is 15.7 Å². The van der Waals surface area contributed by atoms with Crippen LogP contribution in [0.4, 0.5) is 5.69 Å². The van der Waals surface area contributed by atoms with Crippen LogP contribution in [0.3, 0.4) is 0 Å². The predicted octanol–water partition coefficient (Wildman–Crippen LogP) is 2.45. The van der Waals surface area contributed by atoms with E-state index >= 15 is 0 Å². The third kappa shape index (κ3) is 2.44. The van der Waals surface area contributed by atoms with Crippen LogP contribution in [0.1, 0.15) is 36.8 Å². The summed E-state index contributed by atoms with van der Waals surface area (Å²) in [6.07, 6.45) is 4.27. The lowest BCUT2D eigenvalue weighted by atomic mass is 10.1. The van der Waals surface area contributed by atoms with Gasteiger partial charge in [-0.3, -0.25) is 0 Å². The Morgan fingerprint density at radius 1 is 1.20 bits per heavy atom. The van der Waals surface area contributed by atoms with Gasteiger partial charge in [-0.2, -0.15) is 4.31 Å². The van der Waals surface area contributed by atoms with Crippen LogP contribution < -0.4 is 5.73 Å². The highest BCUT2D eigenvalue weighted by Gasteiger charge is 2.42. The standard InChI is InChI=1S/C15H22N2O2S/c1-10-3-8-14(16)15(11(10)2)20(18,19)17(13-6-7-13)9-12-4-5-12/h3,8,12-13H,4-7,9,16H2,1-2H3. The number of anilines is 1. The van der Waals surface area contributed by atoms with Gasteiger partial charge in [-0.25, -0.2) is 8.42 Å². The van der Waals surface area contributed by atoms with Crippen LogP contribution in [0.2, 0.25) is 0 Å². The summed E-state index contributed by atoms with van der Waals surface area (Å²) in [6.45, 7) is 4.44. The Hall–Kier alpha value is -1.07. The molecule has 110 valence electrons. The Bertz CT molecular complexity index is 632. The number of nitrogens with two attached hydrogens (primary N) is 1. The number of hydrogen-bond donors (Lipinski definition) is 1. The highest BCUT2D eigenvalue weighted by Crippen LogP contribution is 2.39. The fourth-order valence-electron chi connectivity index (χ4n) is 2.63. The van der Waals surface area contributed by atoms with E-state index in [1.165, 1.54) is 0 Å². The first-order chi connectivity index (χ1) is 9.41. The summed E-state index contributed by atoms with van der Waals surface area (Å²) in [6, 6.07) is 3.78. The molecule has 5 heteroatoms. The van der Waals surface area contributed by atoms with E-state index in [9.17, 15) is 8.42 Å². The molecule has 20 heavy (non-hydrogen) atoms. The van der Waals surface area contributed by atoms with E-state index in [-0.39, 0.29) is 6.04 Å². The zero-order valence-electron chi connectivity index (χ0n) is 12.1. The molecule has 0 atom stereocenters. The molecule has 0 amide bonds. The molecular weight excluding hydrogens is 272 g/mol. The summed E-state index contributed by atoms with van der Waals surface area (Å²) in [5.41, 5.74) is 8.10. The molecule has 0 heterocycles. The van der Waals surface area contributed by atoms with Gasteiger partial charge in [0, 0.05) is 12.6 Å². The molecule has 0 unspecified atom stereocenters. The minimum Gasteiger partial charge on any atom is -0.398 e. The van der Waals surface area contributed by atoms with Gasteiger partial charge >= 0.3 is 0 Å². The van der Waals surface area contributed by atoms with Crippen LogP contribution in [0.25, 0.3) is 0 Å². The van der Waals surface area contributed by atoms with Gasteiger partial charge in [0.1, 0.15) is 4.90 Å². The van der Waals surface area contributed by atoms with Gasteiger partial charge in [-0.15, -0.1) is 0 Å². The van der Waals surface area contributed by atoms with E-state index in [0.29, 0.717) is 23.0 Å². The summed E-state index contributed by atoms with van der Waals surface area (Å²) in [4.78, 5) is 0.324. The molecule has 4 nitrogen and oxygen atoms in total. The molecule has 2 aliphatic rings. The van der Waals surface area contributed by atoms with Gasteiger partial charge in [0.05, 0.1) is 5.69 Å². The molecule has 0 aliphatic heterocycles. The van der Waals surface area contributed by atoms with Gasteiger partial charge in [0.15, 0.2) is 0 Å². The van der Waals surface area contributed by atoms with E-state index < -0.39 is 10.0 Å². The van der Waals surface area contributed by atoms with Gasteiger partial charge in [-0.1, -0.05) is 6.07 Å². The molecule has 2 aliphatic carbocycles. The van der Waals surface area contributed by atoms with Crippen LogP contribution in [-0.4, -0.2) is 25.3 Å². The second-order valence-electron chi connectivity index (χ2n) is 6.18. The van der Waals surface area contributed by atoms with Crippen molar-refractivity contribution in [3.63, 3.8) is 0 Å². The lowest BCUT2D eigenvalue weighted by Crippen LogP contribution is -2.35.